The minimum absolute atomic E-state index is 0.116. The zero-order chi connectivity index (χ0) is 14.7. The molecular weight excluding hydrogens is 336 g/mol. The zero-order valence-corrected chi connectivity index (χ0v) is 14.3. The molecule has 0 fully saturated rings. The van der Waals surface area contributed by atoms with Crippen LogP contribution in [-0.4, -0.2) is 13.2 Å². The molecule has 2 N–H and O–H groups in total. The fourth-order valence-electron chi connectivity index (χ4n) is 1.91. The molecule has 0 spiro atoms. The number of anilines is 2. The van der Waals surface area contributed by atoms with Crippen LogP contribution >= 0.6 is 27.3 Å². The van der Waals surface area contributed by atoms with Crippen LogP contribution in [0.25, 0.3) is 0 Å². The van der Waals surface area contributed by atoms with Crippen LogP contribution in [0.4, 0.5) is 11.4 Å². The van der Waals surface area contributed by atoms with Crippen LogP contribution in [0.15, 0.2) is 33.4 Å². The number of ether oxygens (including phenoxy) is 1. The van der Waals surface area contributed by atoms with Crippen LogP contribution in [-0.2, 0) is 6.54 Å². The van der Waals surface area contributed by atoms with Crippen molar-refractivity contribution >= 4 is 38.6 Å². The van der Waals surface area contributed by atoms with Gasteiger partial charge in [0.25, 0.3) is 0 Å². The van der Waals surface area contributed by atoms with E-state index in [0.717, 1.165) is 21.8 Å². The maximum atomic E-state index is 5.95. The van der Waals surface area contributed by atoms with Gasteiger partial charge in [-0.2, -0.15) is 0 Å². The summed E-state index contributed by atoms with van der Waals surface area (Å²) in [5.41, 5.74) is 9.00. The van der Waals surface area contributed by atoms with Gasteiger partial charge in [-0.15, -0.1) is 11.3 Å². The molecule has 2 rings (SSSR count). The van der Waals surface area contributed by atoms with E-state index >= 15 is 0 Å². The van der Waals surface area contributed by atoms with Gasteiger partial charge in [-0.25, -0.2) is 0 Å². The standard InChI is InChI=1S/C15H19BrN2OS/c1-10(2)19-14-7-12(4-5-13(14)17)18(3)8-11-6-15(16)20-9-11/h4-7,9-10H,8,17H2,1-3H3. The third-order valence-corrected chi connectivity index (χ3v) is 4.40. The number of nitrogens with two attached hydrogens (primary N) is 1. The summed E-state index contributed by atoms with van der Waals surface area (Å²) < 4.78 is 6.89. The van der Waals surface area contributed by atoms with E-state index in [1.54, 1.807) is 11.3 Å². The summed E-state index contributed by atoms with van der Waals surface area (Å²) >= 11 is 5.19. The number of halogens is 1. The third kappa shape index (κ3) is 3.90. The van der Waals surface area contributed by atoms with Crippen LogP contribution in [0.5, 0.6) is 5.75 Å². The van der Waals surface area contributed by atoms with E-state index < -0.39 is 0 Å². The average Bonchev–Trinajstić information content (AvgIpc) is 2.77. The Morgan fingerprint density at radius 3 is 2.70 bits per heavy atom. The molecule has 0 aliphatic carbocycles. The second-order valence-corrected chi connectivity index (χ2v) is 7.29. The maximum Gasteiger partial charge on any atom is 0.144 e. The number of benzene rings is 1. The molecule has 1 heterocycles. The minimum Gasteiger partial charge on any atom is -0.489 e. The molecule has 3 nitrogen and oxygen atoms in total. The fraction of sp³-hybridized carbons (Fsp3) is 0.333. The van der Waals surface area contributed by atoms with Gasteiger partial charge in [0.15, 0.2) is 0 Å². The molecule has 0 amide bonds. The molecule has 0 aliphatic rings. The first kappa shape index (κ1) is 15.2. The van der Waals surface area contributed by atoms with Crippen LogP contribution < -0.4 is 15.4 Å². The maximum absolute atomic E-state index is 5.95. The highest BCUT2D eigenvalue weighted by Gasteiger charge is 2.09. The Morgan fingerprint density at radius 2 is 2.10 bits per heavy atom. The normalized spacial score (nSPS) is 10.8. The van der Waals surface area contributed by atoms with Gasteiger partial charge in [-0.3, -0.25) is 0 Å². The molecule has 0 unspecified atom stereocenters. The van der Waals surface area contributed by atoms with Gasteiger partial charge in [0, 0.05) is 25.3 Å². The van der Waals surface area contributed by atoms with Crippen molar-refractivity contribution in [1.29, 1.82) is 0 Å². The summed E-state index contributed by atoms with van der Waals surface area (Å²) in [6.07, 6.45) is 0.116. The van der Waals surface area contributed by atoms with Crippen molar-refractivity contribution in [3.05, 3.63) is 39.0 Å². The lowest BCUT2D eigenvalue weighted by molar-refractivity contribution is 0.244. The molecule has 0 aliphatic heterocycles. The van der Waals surface area contributed by atoms with Crippen molar-refractivity contribution < 1.29 is 4.74 Å². The molecule has 20 heavy (non-hydrogen) atoms. The van der Waals surface area contributed by atoms with Crippen molar-refractivity contribution in [3.8, 4) is 5.75 Å². The first-order valence-electron chi connectivity index (χ1n) is 6.46. The monoisotopic (exact) mass is 354 g/mol. The summed E-state index contributed by atoms with van der Waals surface area (Å²) in [7, 11) is 2.07. The quantitative estimate of drug-likeness (QED) is 0.802. The minimum atomic E-state index is 0.116. The predicted octanol–water partition coefficient (Wildman–Crippen LogP) is 4.52. The molecule has 0 radical (unpaired) electrons. The Bertz CT molecular complexity index is 583. The van der Waals surface area contributed by atoms with Gasteiger partial charge in [0.2, 0.25) is 0 Å². The second kappa shape index (κ2) is 6.50. The number of thiophene rings is 1. The summed E-state index contributed by atoms with van der Waals surface area (Å²) in [6, 6.07) is 8.05. The van der Waals surface area contributed by atoms with E-state index in [0.29, 0.717) is 5.69 Å². The van der Waals surface area contributed by atoms with Crippen molar-refractivity contribution in [2.45, 2.75) is 26.5 Å². The van der Waals surface area contributed by atoms with Crippen LogP contribution in [0, 0.1) is 0 Å². The Hall–Kier alpha value is -1.20. The highest BCUT2D eigenvalue weighted by atomic mass is 79.9. The number of hydrogen-bond donors (Lipinski definition) is 1. The first-order chi connectivity index (χ1) is 9.45. The summed E-state index contributed by atoms with van der Waals surface area (Å²) in [5.74, 6) is 0.746. The van der Waals surface area contributed by atoms with E-state index in [2.05, 4.69) is 39.3 Å². The Labute approximate surface area is 132 Å². The van der Waals surface area contributed by atoms with Crippen molar-refractivity contribution in [2.24, 2.45) is 0 Å². The fourth-order valence-corrected chi connectivity index (χ4v) is 3.11. The Morgan fingerprint density at radius 1 is 1.35 bits per heavy atom. The predicted molar refractivity (Wildman–Crippen MR) is 90.7 cm³/mol. The van der Waals surface area contributed by atoms with E-state index in [-0.39, 0.29) is 6.10 Å². The van der Waals surface area contributed by atoms with Crippen LogP contribution in [0.2, 0.25) is 0 Å². The van der Waals surface area contributed by atoms with Crippen molar-refractivity contribution in [2.75, 3.05) is 17.7 Å². The zero-order valence-electron chi connectivity index (χ0n) is 11.9. The lowest BCUT2D eigenvalue weighted by Gasteiger charge is -2.21. The average molecular weight is 355 g/mol. The summed E-state index contributed by atoms with van der Waals surface area (Å²) in [6.45, 7) is 4.85. The lowest BCUT2D eigenvalue weighted by atomic mass is 10.2. The Balaban J connectivity index is 2.15. The topological polar surface area (TPSA) is 38.5 Å². The van der Waals surface area contributed by atoms with E-state index in [4.69, 9.17) is 10.5 Å². The number of nitrogens with zero attached hydrogens (tertiary/aromatic N) is 1. The molecule has 2 aromatic rings. The van der Waals surface area contributed by atoms with E-state index in [1.165, 1.54) is 5.56 Å². The lowest BCUT2D eigenvalue weighted by Crippen LogP contribution is -2.16. The highest BCUT2D eigenvalue weighted by molar-refractivity contribution is 9.11. The highest BCUT2D eigenvalue weighted by Crippen LogP contribution is 2.29. The molecule has 0 saturated heterocycles. The molecule has 0 bridgehead atoms. The summed E-state index contributed by atoms with van der Waals surface area (Å²) in [4.78, 5) is 2.18. The third-order valence-electron chi connectivity index (χ3n) is 2.84. The number of nitrogen functional groups attached to an aromatic ring is 1. The van der Waals surface area contributed by atoms with Crippen molar-refractivity contribution in [3.63, 3.8) is 0 Å². The number of hydrogen-bond acceptors (Lipinski definition) is 4. The van der Waals surface area contributed by atoms with Gasteiger partial charge in [0.1, 0.15) is 5.75 Å². The first-order valence-corrected chi connectivity index (χ1v) is 8.13. The molecule has 5 heteroatoms. The van der Waals surface area contributed by atoms with Gasteiger partial charge >= 0.3 is 0 Å². The largest absolute Gasteiger partial charge is 0.489 e. The Kier molecular flexibility index (Phi) is 4.94. The molecule has 1 aromatic carbocycles. The molecular formula is C15H19BrN2OS. The van der Waals surface area contributed by atoms with Crippen molar-refractivity contribution in [1.82, 2.24) is 0 Å². The SMILES string of the molecule is CC(C)Oc1cc(N(C)Cc2csc(Br)c2)ccc1N. The van der Waals surface area contributed by atoms with Gasteiger partial charge in [-0.05, 0) is 58.9 Å². The molecule has 0 atom stereocenters. The van der Waals surface area contributed by atoms with Gasteiger partial charge in [-0.1, -0.05) is 0 Å². The van der Waals surface area contributed by atoms with E-state index in [9.17, 15) is 0 Å². The second-order valence-electron chi connectivity index (χ2n) is 5.00. The smallest absolute Gasteiger partial charge is 0.144 e. The molecule has 108 valence electrons. The number of rotatable bonds is 5. The summed E-state index contributed by atoms with van der Waals surface area (Å²) in [5, 5.41) is 2.16. The molecule has 1 aromatic heterocycles. The van der Waals surface area contributed by atoms with Gasteiger partial charge < -0.3 is 15.4 Å². The van der Waals surface area contributed by atoms with Gasteiger partial charge in [0.05, 0.1) is 15.6 Å². The van der Waals surface area contributed by atoms with Crippen LogP contribution in [0.3, 0.4) is 0 Å². The van der Waals surface area contributed by atoms with Crippen LogP contribution in [0.1, 0.15) is 19.4 Å². The molecule has 0 saturated carbocycles. The van der Waals surface area contributed by atoms with E-state index in [1.807, 2.05) is 32.0 Å².